The van der Waals surface area contributed by atoms with E-state index in [1.54, 1.807) is 24.3 Å². The number of rotatable bonds is 8. The molecule has 6 heteroatoms. The van der Waals surface area contributed by atoms with Gasteiger partial charge in [-0.2, -0.15) is 4.58 Å². The van der Waals surface area contributed by atoms with Crippen molar-refractivity contribution < 1.29 is 24.4 Å². The number of hydrogen-bond donors (Lipinski definition) is 1. The summed E-state index contributed by atoms with van der Waals surface area (Å²) < 4.78 is 2.05. The van der Waals surface area contributed by atoms with Gasteiger partial charge >= 0.3 is 5.97 Å². The fraction of sp³-hybridized carbons (Fsp3) is 0.345. The van der Waals surface area contributed by atoms with E-state index in [4.69, 9.17) is 0 Å². The third kappa shape index (κ3) is 4.07. The molecule has 2 aliphatic rings. The molecule has 0 saturated heterocycles. The van der Waals surface area contributed by atoms with E-state index in [2.05, 4.69) is 11.8 Å². The van der Waals surface area contributed by atoms with E-state index < -0.39 is 11.4 Å². The highest BCUT2D eigenvalue weighted by atomic mass is 16.4. The number of ketones is 1. The lowest BCUT2D eigenvalue weighted by Crippen LogP contribution is -2.33. The maximum Gasteiger partial charge on any atom is 0.335 e. The van der Waals surface area contributed by atoms with Crippen LogP contribution in [0.5, 0.6) is 0 Å². The fourth-order valence-electron chi connectivity index (χ4n) is 4.96. The second-order valence-electron chi connectivity index (χ2n) is 9.70. The Kier molecular flexibility index (Phi) is 6.41. The van der Waals surface area contributed by atoms with Gasteiger partial charge in [-0.15, -0.1) is 0 Å². The van der Waals surface area contributed by atoms with E-state index in [0.29, 0.717) is 12.1 Å². The summed E-state index contributed by atoms with van der Waals surface area (Å²) in [7, 11) is 2.04. The zero-order valence-electron chi connectivity index (χ0n) is 21.0. The molecule has 2 aromatic rings. The third-order valence-electron chi connectivity index (χ3n) is 7.12. The molecule has 0 radical (unpaired) electrons. The second kappa shape index (κ2) is 9.17. The number of allylic oxidation sites excluding steroid dienone is 3. The molecular weight excluding hydrogens is 440 g/mol. The quantitative estimate of drug-likeness (QED) is 0.458. The number of aromatic carboxylic acids is 1. The Morgan fingerprint density at radius 2 is 1.83 bits per heavy atom. The number of carbonyl (C=O) groups excluding carboxylic acids is 1. The van der Waals surface area contributed by atoms with Gasteiger partial charge in [0.2, 0.25) is 5.69 Å². The lowest BCUT2D eigenvalue weighted by Gasteiger charge is -2.31. The van der Waals surface area contributed by atoms with Gasteiger partial charge in [0.1, 0.15) is 6.54 Å². The Morgan fingerprint density at radius 3 is 2.40 bits per heavy atom. The first kappa shape index (κ1) is 24.5. The van der Waals surface area contributed by atoms with Crippen molar-refractivity contribution in [2.45, 2.75) is 46.0 Å². The largest absolute Gasteiger partial charge is 0.871 e. The maximum absolute atomic E-state index is 13.1. The molecule has 0 aromatic heterocycles. The van der Waals surface area contributed by atoms with E-state index in [0.717, 1.165) is 42.0 Å². The van der Waals surface area contributed by atoms with Crippen molar-refractivity contribution in [2.75, 3.05) is 25.0 Å². The van der Waals surface area contributed by atoms with Crippen LogP contribution in [0.2, 0.25) is 0 Å². The fourth-order valence-corrected chi connectivity index (χ4v) is 4.96. The predicted molar refractivity (Wildman–Crippen MR) is 137 cm³/mol. The number of hydrogen-bond acceptors (Lipinski definition) is 4. The molecule has 6 nitrogen and oxygen atoms in total. The number of carbonyl (C=O) groups is 2. The molecular formula is C29H32N2O4. The normalized spacial score (nSPS) is 17.6. The van der Waals surface area contributed by atoms with Gasteiger partial charge in [0.15, 0.2) is 11.5 Å². The van der Waals surface area contributed by atoms with Gasteiger partial charge in [0, 0.05) is 48.1 Å². The minimum Gasteiger partial charge on any atom is -0.871 e. The third-order valence-corrected chi connectivity index (χ3v) is 7.12. The number of anilines is 1. The number of Topliss-reactive ketones (excluding diaryl/α,β-unsaturated/α-hetero) is 1. The average Bonchev–Trinajstić information content (AvgIpc) is 3.06. The molecule has 1 aliphatic carbocycles. The predicted octanol–water partition coefficient (Wildman–Crippen LogP) is 4.30. The van der Waals surface area contributed by atoms with Crippen LogP contribution in [-0.2, 0) is 10.2 Å². The van der Waals surface area contributed by atoms with Gasteiger partial charge in [-0.25, -0.2) is 4.79 Å². The summed E-state index contributed by atoms with van der Waals surface area (Å²) in [5, 5.41) is 22.5. The summed E-state index contributed by atoms with van der Waals surface area (Å²) in [6, 6.07) is 12.7. The molecule has 1 N–H and O–H groups in total. The smallest absolute Gasteiger partial charge is 0.335 e. The maximum atomic E-state index is 13.1. The molecule has 4 rings (SSSR count). The van der Waals surface area contributed by atoms with Gasteiger partial charge < -0.3 is 15.1 Å². The molecule has 0 unspecified atom stereocenters. The van der Waals surface area contributed by atoms with E-state index in [1.165, 1.54) is 0 Å². The molecule has 0 bridgehead atoms. The number of fused-ring (bicyclic) bond motifs is 1. The standard InChI is InChI=1S/C29H32N2O4/c1-6-8-15-30(5)20-12-9-18(10-13-20)25-26(32)21(27(25)33)17-24-29(3,4)22-16-19(28(34)35)11-14-23(22)31(24)7-2/h9-14,16-17H,6-8,15H2,1-5H3,(H-,32,33,34,35). The zero-order valence-corrected chi connectivity index (χ0v) is 21.0. The van der Waals surface area contributed by atoms with Gasteiger partial charge in [-0.1, -0.05) is 31.2 Å². The number of unbranched alkanes of at least 4 members (excludes halogenated alkanes) is 1. The molecule has 0 spiro atoms. The molecule has 1 aliphatic heterocycles. The number of benzene rings is 2. The van der Waals surface area contributed by atoms with Crippen LogP contribution in [0.1, 0.15) is 62.0 Å². The Labute approximate surface area is 206 Å². The van der Waals surface area contributed by atoms with Gasteiger partial charge in [-0.05, 0) is 57.0 Å². The Bertz CT molecular complexity index is 1300. The van der Waals surface area contributed by atoms with Gasteiger partial charge in [0.05, 0.1) is 11.0 Å². The zero-order chi connectivity index (χ0) is 25.5. The summed E-state index contributed by atoms with van der Waals surface area (Å²) in [5.41, 5.74) is 4.36. The van der Waals surface area contributed by atoms with Gasteiger partial charge in [0.25, 0.3) is 0 Å². The van der Waals surface area contributed by atoms with Crippen molar-refractivity contribution in [3.8, 4) is 0 Å². The van der Waals surface area contributed by atoms with Crippen LogP contribution < -0.4 is 10.0 Å². The minimum absolute atomic E-state index is 0.178. The summed E-state index contributed by atoms with van der Waals surface area (Å²) in [6.07, 6.45) is 3.92. The van der Waals surface area contributed by atoms with Crippen LogP contribution >= 0.6 is 0 Å². The summed E-state index contributed by atoms with van der Waals surface area (Å²) >= 11 is 0. The lowest BCUT2D eigenvalue weighted by molar-refractivity contribution is -0.433. The molecule has 2 aromatic carbocycles. The Hall–Kier alpha value is -3.67. The van der Waals surface area contributed by atoms with Crippen molar-refractivity contribution in [1.82, 2.24) is 0 Å². The number of carboxylic acid groups (broad SMARTS) is 1. The molecule has 182 valence electrons. The Balaban J connectivity index is 1.67. The van der Waals surface area contributed by atoms with E-state index >= 15 is 0 Å². The minimum atomic E-state index is -0.982. The first-order valence-electron chi connectivity index (χ1n) is 12.1. The van der Waals surface area contributed by atoms with Crippen LogP contribution in [0.15, 0.2) is 59.9 Å². The topological polar surface area (TPSA) is 83.7 Å². The van der Waals surface area contributed by atoms with Crippen molar-refractivity contribution in [1.29, 1.82) is 0 Å². The molecule has 0 amide bonds. The van der Waals surface area contributed by atoms with Crippen LogP contribution in [0.4, 0.5) is 11.4 Å². The second-order valence-corrected chi connectivity index (χ2v) is 9.70. The molecule has 0 fully saturated rings. The van der Waals surface area contributed by atoms with Crippen molar-refractivity contribution in [2.24, 2.45) is 0 Å². The van der Waals surface area contributed by atoms with Crippen molar-refractivity contribution in [3.63, 3.8) is 0 Å². The van der Waals surface area contributed by atoms with Crippen molar-refractivity contribution >= 4 is 34.4 Å². The first-order chi connectivity index (χ1) is 16.6. The van der Waals surface area contributed by atoms with Crippen LogP contribution in [0.3, 0.4) is 0 Å². The monoisotopic (exact) mass is 472 g/mol. The highest BCUT2D eigenvalue weighted by molar-refractivity contribution is 6.40. The van der Waals surface area contributed by atoms with Crippen LogP contribution in [-0.4, -0.2) is 47.3 Å². The average molecular weight is 473 g/mol. The molecule has 0 saturated carbocycles. The molecule has 0 atom stereocenters. The summed E-state index contributed by atoms with van der Waals surface area (Å²) in [6.45, 7) is 9.72. The van der Waals surface area contributed by atoms with Gasteiger partial charge in [-0.3, -0.25) is 4.79 Å². The van der Waals surface area contributed by atoms with E-state index in [-0.39, 0.29) is 28.3 Å². The Morgan fingerprint density at radius 1 is 1.14 bits per heavy atom. The number of nitrogens with zero attached hydrogens (tertiary/aromatic N) is 2. The highest BCUT2D eigenvalue weighted by Gasteiger charge is 2.45. The highest BCUT2D eigenvalue weighted by Crippen LogP contribution is 2.42. The molecule has 1 heterocycles. The molecule has 35 heavy (non-hydrogen) atoms. The van der Waals surface area contributed by atoms with E-state index in [9.17, 15) is 19.8 Å². The van der Waals surface area contributed by atoms with Crippen molar-refractivity contribution in [3.05, 3.63) is 76.6 Å². The lowest BCUT2D eigenvalue weighted by atomic mass is 9.77. The first-order valence-corrected chi connectivity index (χ1v) is 12.1. The SMILES string of the molecule is CCCCN(C)c1ccc(C2=C([O-])C(=CC3=[N+](CC)c4ccc(C(=O)O)cc4C3(C)C)C2=O)cc1. The summed E-state index contributed by atoms with van der Waals surface area (Å²) in [5.74, 6) is -1.48. The van der Waals surface area contributed by atoms with Crippen LogP contribution in [0, 0.1) is 0 Å². The number of carboxylic acids is 1. The van der Waals surface area contributed by atoms with Crippen LogP contribution in [0.25, 0.3) is 5.57 Å². The van der Waals surface area contributed by atoms with E-state index in [1.807, 2.05) is 56.7 Å². The summed E-state index contributed by atoms with van der Waals surface area (Å²) in [4.78, 5) is 26.8.